The molecule has 64 valence electrons. The van der Waals surface area contributed by atoms with Gasteiger partial charge >= 0.3 is 0 Å². The van der Waals surface area contributed by atoms with E-state index in [1.165, 1.54) is 5.70 Å². The lowest BCUT2D eigenvalue weighted by Crippen LogP contribution is -2.04. The number of allylic oxidation sites excluding steroid dienone is 4. The van der Waals surface area contributed by atoms with Crippen LogP contribution in [0.4, 0.5) is 0 Å². The highest BCUT2D eigenvalue weighted by atomic mass is 14.8. The standard InChI is InChI=1S/C10H19N/c1-4-6-7-9-10(11-3)8-5-2/h4,6,8,11H,5,7,9H2,1-3H3/b6-4-,10-8+. The molecular formula is C10H19N. The number of hydrogen-bond acceptors (Lipinski definition) is 1. The van der Waals surface area contributed by atoms with Crippen molar-refractivity contribution in [2.75, 3.05) is 7.05 Å². The van der Waals surface area contributed by atoms with Gasteiger partial charge in [-0.25, -0.2) is 0 Å². The van der Waals surface area contributed by atoms with Crippen molar-refractivity contribution < 1.29 is 0 Å². The fraction of sp³-hybridized carbons (Fsp3) is 0.600. The van der Waals surface area contributed by atoms with Gasteiger partial charge in [-0.2, -0.15) is 0 Å². The average Bonchev–Trinajstić information content (AvgIpc) is 2.03. The first-order valence-electron chi connectivity index (χ1n) is 4.33. The highest BCUT2D eigenvalue weighted by molar-refractivity contribution is 4.99. The first-order valence-corrected chi connectivity index (χ1v) is 4.33. The smallest absolute Gasteiger partial charge is 0.00665 e. The van der Waals surface area contributed by atoms with Crippen molar-refractivity contribution in [1.82, 2.24) is 5.32 Å². The maximum absolute atomic E-state index is 3.19. The summed E-state index contributed by atoms with van der Waals surface area (Å²) in [7, 11) is 1.98. The summed E-state index contributed by atoms with van der Waals surface area (Å²) in [6.45, 7) is 4.22. The molecule has 1 heteroatoms. The Hall–Kier alpha value is -0.720. The number of hydrogen-bond donors (Lipinski definition) is 1. The normalized spacial score (nSPS) is 12.5. The van der Waals surface area contributed by atoms with Crippen molar-refractivity contribution in [2.24, 2.45) is 0 Å². The van der Waals surface area contributed by atoms with Crippen LogP contribution < -0.4 is 5.32 Å². The zero-order valence-electron chi connectivity index (χ0n) is 7.85. The fourth-order valence-electron chi connectivity index (χ4n) is 0.981. The lowest BCUT2D eigenvalue weighted by Gasteiger charge is -2.03. The lowest BCUT2D eigenvalue weighted by atomic mass is 10.2. The molecule has 0 saturated heterocycles. The van der Waals surface area contributed by atoms with Gasteiger partial charge in [-0.3, -0.25) is 0 Å². The zero-order chi connectivity index (χ0) is 8.53. The highest BCUT2D eigenvalue weighted by Crippen LogP contribution is 2.02. The molecule has 0 aromatic rings. The molecule has 0 aliphatic heterocycles. The molecule has 0 aromatic carbocycles. The van der Waals surface area contributed by atoms with E-state index in [2.05, 4.69) is 37.4 Å². The molecule has 0 fully saturated rings. The van der Waals surface area contributed by atoms with E-state index in [-0.39, 0.29) is 0 Å². The summed E-state index contributed by atoms with van der Waals surface area (Å²) in [6, 6.07) is 0. The minimum absolute atomic E-state index is 1.12. The maximum Gasteiger partial charge on any atom is 0.00665 e. The number of rotatable bonds is 5. The fourth-order valence-corrected chi connectivity index (χ4v) is 0.981. The molecule has 0 saturated carbocycles. The van der Waals surface area contributed by atoms with Gasteiger partial charge in [0.05, 0.1) is 0 Å². The van der Waals surface area contributed by atoms with Gasteiger partial charge < -0.3 is 5.32 Å². The third-order valence-electron chi connectivity index (χ3n) is 1.59. The van der Waals surface area contributed by atoms with E-state index in [0.717, 1.165) is 19.3 Å². The van der Waals surface area contributed by atoms with Gasteiger partial charge in [-0.15, -0.1) is 0 Å². The minimum atomic E-state index is 1.12. The molecule has 11 heavy (non-hydrogen) atoms. The summed E-state index contributed by atoms with van der Waals surface area (Å²) in [5.41, 5.74) is 1.35. The van der Waals surface area contributed by atoms with E-state index >= 15 is 0 Å². The number of nitrogens with one attached hydrogen (secondary N) is 1. The molecular weight excluding hydrogens is 134 g/mol. The molecule has 0 heterocycles. The van der Waals surface area contributed by atoms with Gasteiger partial charge in [0.25, 0.3) is 0 Å². The summed E-state index contributed by atoms with van der Waals surface area (Å²) in [5, 5.41) is 3.19. The molecule has 0 aromatic heterocycles. The quantitative estimate of drug-likeness (QED) is 0.599. The van der Waals surface area contributed by atoms with E-state index in [9.17, 15) is 0 Å². The minimum Gasteiger partial charge on any atom is -0.392 e. The summed E-state index contributed by atoms with van der Waals surface area (Å²) in [6.07, 6.45) is 9.92. The Labute approximate surface area is 70.2 Å². The Morgan fingerprint density at radius 3 is 2.64 bits per heavy atom. The van der Waals surface area contributed by atoms with Crippen molar-refractivity contribution in [3.8, 4) is 0 Å². The summed E-state index contributed by atoms with van der Waals surface area (Å²) >= 11 is 0. The Balaban J connectivity index is 3.60. The van der Waals surface area contributed by atoms with Crippen LogP contribution in [0, 0.1) is 0 Å². The summed E-state index contributed by atoms with van der Waals surface area (Å²) < 4.78 is 0. The Morgan fingerprint density at radius 2 is 2.18 bits per heavy atom. The third-order valence-corrected chi connectivity index (χ3v) is 1.59. The first-order chi connectivity index (χ1) is 5.35. The SMILES string of the molecule is C/C=C\CC/C(=C\CC)NC. The van der Waals surface area contributed by atoms with Crippen molar-refractivity contribution >= 4 is 0 Å². The van der Waals surface area contributed by atoms with Crippen LogP contribution in [0.25, 0.3) is 0 Å². The van der Waals surface area contributed by atoms with Gasteiger partial charge in [-0.05, 0) is 26.2 Å². The van der Waals surface area contributed by atoms with E-state index in [0.29, 0.717) is 0 Å². The van der Waals surface area contributed by atoms with E-state index in [1.54, 1.807) is 0 Å². The molecule has 0 atom stereocenters. The molecule has 0 aliphatic carbocycles. The molecule has 0 unspecified atom stereocenters. The van der Waals surface area contributed by atoms with Crippen LogP contribution >= 0.6 is 0 Å². The predicted molar refractivity (Wildman–Crippen MR) is 51.5 cm³/mol. The average molecular weight is 153 g/mol. The predicted octanol–water partition coefficient (Wildman–Crippen LogP) is 2.86. The third kappa shape index (κ3) is 5.71. The molecule has 1 N–H and O–H groups in total. The first kappa shape index (κ1) is 10.3. The second kappa shape index (κ2) is 7.39. The Morgan fingerprint density at radius 1 is 1.45 bits per heavy atom. The van der Waals surface area contributed by atoms with Crippen molar-refractivity contribution in [2.45, 2.75) is 33.1 Å². The van der Waals surface area contributed by atoms with Crippen LogP contribution in [0.3, 0.4) is 0 Å². The van der Waals surface area contributed by atoms with Gasteiger partial charge in [0, 0.05) is 12.7 Å². The molecule has 0 bridgehead atoms. The molecule has 1 nitrogen and oxygen atoms in total. The summed E-state index contributed by atoms with van der Waals surface area (Å²) in [4.78, 5) is 0. The largest absolute Gasteiger partial charge is 0.392 e. The zero-order valence-corrected chi connectivity index (χ0v) is 7.85. The Bertz CT molecular complexity index is 134. The van der Waals surface area contributed by atoms with Gasteiger partial charge in [-0.1, -0.05) is 25.2 Å². The van der Waals surface area contributed by atoms with Crippen molar-refractivity contribution in [1.29, 1.82) is 0 Å². The molecule has 0 aliphatic rings. The van der Waals surface area contributed by atoms with Crippen LogP contribution in [-0.4, -0.2) is 7.05 Å². The van der Waals surface area contributed by atoms with Crippen LogP contribution in [0.15, 0.2) is 23.9 Å². The lowest BCUT2D eigenvalue weighted by molar-refractivity contribution is 0.840. The molecule has 0 spiro atoms. The molecule has 0 radical (unpaired) electrons. The van der Waals surface area contributed by atoms with E-state index in [1.807, 2.05) is 7.05 Å². The van der Waals surface area contributed by atoms with Gasteiger partial charge in [0.2, 0.25) is 0 Å². The molecule has 0 amide bonds. The van der Waals surface area contributed by atoms with Crippen molar-refractivity contribution in [3.05, 3.63) is 23.9 Å². The van der Waals surface area contributed by atoms with E-state index < -0.39 is 0 Å². The second-order valence-electron chi connectivity index (χ2n) is 2.50. The van der Waals surface area contributed by atoms with Gasteiger partial charge in [0.1, 0.15) is 0 Å². The summed E-state index contributed by atoms with van der Waals surface area (Å²) in [5.74, 6) is 0. The van der Waals surface area contributed by atoms with E-state index in [4.69, 9.17) is 0 Å². The van der Waals surface area contributed by atoms with Crippen LogP contribution in [0.1, 0.15) is 33.1 Å². The van der Waals surface area contributed by atoms with Crippen LogP contribution in [0.2, 0.25) is 0 Å². The van der Waals surface area contributed by atoms with Crippen LogP contribution in [-0.2, 0) is 0 Å². The monoisotopic (exact) mass is 153 g/mol. The topological polar surface area (TPSA) is 12.0 Å². The van der Waals surface area contributed by atoms with Crippen molar-refractivity contribution in [3.63, 3.8) is 0 Å². The maximum atomic E-state index is 3.19. The second-order valence-corrected chi connectivity index (χ2v) is 2.50. The Kier molecular flexibility index (Phi) is 6.90. The molecule has 0 rings (SSSR count). The van der Waals surface area contributed by atoms with Crippen LogP contribution in [0.5, 0.6) is 0 Å². The van der Waals surface area contributed by atoms with Gasteiger partial charge in [0.15, 0.2) is 0 Å². The highest BCUT2D eigenvalue weighted by Gasteiger charge is 1.89.